The molecule has 4 heteroatoms. The highest BCUT2D eigenvalue weighted by Gasteiger charge is 2.24. The Hall–Kier alpha value is 0.290. The summed E-state index contributed by atoms with van der Waals surface area (Å²) >= 11 is 4.04. The van der Waals surface area contributed by atoms with Gasteiger partial charge < -0.3 is 0 Å². The van der Waals surface area contributed by atoms with E-state index >= 15 is 0 Å². The normalized spacial score (nSPS) is 25.9. The number of aromatic nitrogens is 2. The van der Waals surface area contributed by atoms with Gasteiger partial charge in [0.2, 0.25) is 0 Å². The van der Waals surface area contributed by atoms with Crippen molar-refractivity contribution >= 4 is 33.9 Å². The maximum absolute atomic E-state index is 4.29. The minimum Gasteiger partial charge on any atom is -0.142 e. The van der Waals surface area contributed by atoms with Crippen LogP contribution in [0.25, 0.3) is 0 Å². The van der Waals surface area contributed by atoms with Gasteiger partial charge in [0.25, 0.3) is 0 Å². The van der Waals surface area contributed by atoms with Gasteiger partial charge in [-0.25, -0.2) is 0 Å². The molecule has 1 aromatic heterocycles. The van der Waals surface area contributed by atoms with Crippen molar-refractivity contribution < 1.29 is 0 Å². The van der Waals surface area contributed by atoms with Crippen molar-refractivity contribution in [3.8, 4) is 0 Å². The molecule has 1 heterocycles. The van der Waals surface area contributed by atoms with Gasteiger partial charge in [-0.2, -0.15) is 0 Å². The molecule has 0 radical (unpaired) electrons. The molecule has 0 atom stereocenters. The van der Waals surface area contributed by atoms with Crippen LogP contribution in [0.4, 0.5) is 0 Å². The number of halogens is 1. The van der Waals surface area contributed by atoms with Crippen LogP contribution in [-0.4, -0.2) is 10.2 Å². The average molecular weight is 350 g/mol. The standard InChI is InChI=1S/C12H19IN2S/c1-2-3-4-9-5-7-10(8-6-9)11-14-15-12(13)16-11/h9-10H,2-8H2,1H3. The summed E-state index contributed by atoms with van der Waals surface area (Å²) < 4.78 is 1.08. The van der Waals surface area contributed by atoms with Crippen LogP contribution >= 0.6 is 33.9 Å². The van der Waals surface area contributed by atoms with Crippen molar-refractivity contribution in [2.45, 2.75) is 57.8 Å². The molecule has 1 aliphatic rings. The molecular weight excluding hydrogens is 331 g/mol. The Kier molecular flexibility index (Phi) is 5.00. The van der Waals surface area contributed by atoms with Crippen LogP contribution in [0.15, 0.2) is 0 Å². The summed E-state index contributed by atoms with van der Waals surface area (Å²) in [5.74, 6) is 1.70. The number of unbranched alkanes of at least 4 members (excludes halogenated alkanes) is 1. The third kappa shape index (κ3) is 3.39. The molecular formula is C12H19IN2S. The van der Waals surface area contributed by atoms with Crippen molar-refractivity contribution in [2.24, 2.45) is 5.92 Å². The SMILES string of the molecule is CCCCC1CCC(c2nnc(I)s2)CC1. The van der Waals surface area contributed by atoms with E-state index in [9.17, 15) is 0 Å². The second kappa shape index (κ2) is 6.28. The first-order valence-corrected chi connectivity index (χ1v) is 8.18. The van der Waals surface area contributed by atoms with E-state index in [4.69, 9.17) is 0 Å². The molecule has 1 aliphatic carbocycles. The molecule has 90 valence electrons. The molecule has 2 rings (SSSR count). The van der Waals surface area contributed by atoms with Gasteiger partial charge >= 0.3 is 0 Å². The van der Waals surface area contributed by atoms with Crippen molar-refractivity contribution in [3.63, 3.8) is 0 Å². The predicted octanol–water partition coefficient (Wildman–Crippen LogP) is 4.61. The zero-order chi connectivity index (χ0) is 11.4. The summed E-state index contributed by atoms with van der Waals surface area (Å²) in [5.41, 5.74) is 0. The first-order chi connectivity index (χ1) is 7.79. The van der Waals surface area contributed by atoms with Gasteiger partial charge in [0.1, 0.15) is 5.01 Å². The second-order valence-electron chi connectivity index (χ2n) is 4.75. The Labute approximate surface area is 115 Å². The smallest absolute Gasteiger partial charge is 0.142 e. The Morgan fingerprint density at radius 2 is 2.00 bits per heavy atom. The molecule has 16 heavy (non-hydrogen) atoms. The molecule has 0 spiro atoms. The Bertz CT molecular complexity index is 319. The van der Waals surface area contributed by atoms with Gasteiger partial charge in [-0.15, -0.1) is 10.2 Å². The van der Waals surface area contributed by atoms with Crippen LogP contribution in [0.2, 0.25) is 0 Å². The highest BCUT2D eigenvalue weighted by Crippen LogP contribution is 2.38. The Balaban J connectivity index is 1.81. The topological polar surface area (TPSA) is 25.8 Å². The maximum atomic E-state index is 4.29. The number of nitrogens with zero attached hydrogens (tertiary/aromatic N) is 2. The lowest BCUT2D eigenvalue weighted by Crippen LogP contribution is -2.13. The van der Waals surface area contributed by atoms with Gasteiger partial charge in [0, 0.05) is 5.92 Å². The quantitative estimate of drug-likeness (QED) is 0.742. The van der Waals surface area contributed by atoms with E-state index in [0.717, 1.165) is 8.93 Å². The van der Waals surface area contributed by atoms with Crippen LogP contribution in [0, 0.1) is 8.93 Å². The van der Waals surface area contributed by atoms with E-state index in [-0.39, 0.29) is 0 Å². The number of hydrogen-bond donors (Lipinski definition) is 0. The van der Waals surface area contributed by atoms with Gasteiger partial charge in [-0.3, -0.25) is 0 Å². The van der Waals surface area contributed by atoms with Crippen LogP contribution in [0.5, 0.6) is 0 Å². The highest BCUT2D eigenvalue weighted by molar-refractivity contribution is 14.1. The second-order valence-corrected chi connectivity index (χ2v) is 7.52. The largest absolute Gasteiger partial charge is 0.178 e. The molecule has 0 aliphatic heterocycles. The van der Waals surface area contributed by atoms with E-state index in [1.54, 1.807) is 11.3 Å². The van der Waals surface area contributed by atoms with Crippen LogP contribution in [-0.2, 0) is 0 Å². The summed E-state index contributed by atoms with van der Waals surface area (Å²) in [6, 6.07) is 0. The highest BCUT2D eigenvalue weighted by atomic mass is 127. The summed E-state index contributed by atoms with van der Waals surface area (Å²) in [5, 5.41) is 9.68. The van der Waals surface area contributed by atoms with Crippen molar-refractivity contribution in [1.29, 1.82) is 0 Å². The molecule has 0 aromatic carbocycles. The lowest BCUT2D eigenvalue weighted by molar-refractivity contribution is 0.303. The molecule has 1 fully saturated rings. The molecule has 0 amide bonds. The monoisotopic (exact) mass is 350 g/mol. The van der Waals surface area contributed by atoms with Crippen molar-refractivity contribution in [3.05, 3.63) is 8.02 Å². The first kappa shape index (κ1) is 12.7. The molecule has 1 saturated carbocycles. The van der Waals surface area contributed by atoms with Crippen LogP contribution in [0.3, 0.4) is 0 Å². The van der Waals surface area contributed by atoms with Gasteiger partial charge in [0.15, 0.2) is 3.01 Å². The van der Waals surface area contributed by atoms with Gasteiger partial charge in [0.05, 0.1) is 0 Å². The summed E-state index contributed by atoms with van der Waals surface area (Å²) in [4.78, 5) is 0. The van der Waals surface area contributed by atoms with E-state index in [2.05, 4.69) is 39.7 Å². The molecule has 0 N–H and O–H groups in total. The fourth-order valence-electron chi connectivity index (χ4n) is 2.57. The fourth-order valence-corrected chi connectivity index (χ4v) is 4.09. The van der Waals surface area contributed by atoms with Crippen LogP contribution in [0.1, 0.15) is 62.8 Å². The Morgan fingerprint density at radius 1 is 1.25 bits per heavy atom. The van der Waals surface area contributed by atoms with Crippen LogP contribution < -0.4 is 0 Å². The van der Waals surface area contributed by atoms with E-state index in [1.807, 2.05) is 0 Å². The summed E-state index contributed by atoms with van der Waals surface area (Å²) in [6.07, 6.45) is 9.67. The van der Waals surface area contributed by atoms with E-state index < -0.39 is 0 Å². The van der Waals surface area contributed by atoms with Gasteiger partial charge in [-0.05, 0) is 54.2 Å². The molecule has 0 unspecified atom stereocenters. The first-order valence-electron chi connectivity index (χ1n) is 6.28. The van der Waals surface area contributed by atoms with Crippen molar-refractivity contribution in [1.82, 2.24) is 10.2 Å². The predicted molar refractivity (Wildman–Crippen MR) is 76.9 cm³/mol. The Morgan fingerprint density at radius 3 is 2.56 bits per heavy atom. The zero-order valence-corrected chi connectivity index (χ0v) is 12.8. The summed E-state index contributed by atoms with van der Waals surface area (Å²) in [6.45, 7) is 2.29. The number of hydrogen-bond acceptors (Lipinski definition) is 3. The molecule has 0 saturated heterocycles. The molecule has 2 nitrogen and oxygen atoms in total. The minimum atomic E-state index is 0.707. The van der Waals surface area contributed by atoms with E-state index in [1.165, 1.54) is 50.0 Å². The average Bonchev–Trinajstić information content (AvgIpc) is 2.74. The fraction of sp³-hybridized carbons (Fsp3) is 0.833. The molecule has 0 bridgehead atoms. The third-order valence-corrected chi connectivity index (χ3v) is 5.33. The maximum Gasteiger partial charge on any atom is 0.178 e. The summed E-state index contributed by atoms with van der Waals surface area (Å²) in [7, 11) is 0. The third-order valence-electron chi connectivity index (χ3n) is 3.58. The minimum absolute atomic E-state index is 0.707. The zero-order valence-electron chi connectivity index (χ0n) is 9.79. The van der Waals surface area contributed by atoms with Gasteiger partial charge in [-0.1, -0.05) is 37.5 Å². The lowest BCUT2D eigenvalue weighted by Gasteiger charge is -2.26. The lowest BCUT2D eigenvalue weighted by atomic mass is 9.80. The molecule has 1 aromatic rings. The number of rotatable bonds is 4. The van der Waals surface area contributed by atoms with Crippen molar-refractivity contribution in [2.75, 3.05) is 0 Å². The van der Waals surface area contributed by atoms with E-state index in [0.29, 0.717) is 5.92 Å².